The number of benzene rings is 1. The number of fused-ring (bicyclic) bond motifs is 1. The van der Waals surface area contributed by atoms with Crippen LogP contribution < -0.4 is 9.64 Å². The Morgan fingerprint density at radius 2 is 2.25 bits per heavy atom. The Hall–Kier alpha value is -1.67. The molecule has 28 heavy (non-hydrogen) atoms. The van der Waals surface area contributed by atoms with Gasteiger partial charge in [0.15, 0.2) is 5.13 Å². The van der Waals surface area contributed by atoms with Gasteiger partial charge in [0.25, 0.3) is 0 Å². The highest BCUT2D eigenvalue weighted by Gasteiger charge is 2.26. The van der Waals surface area contributed by atoms with Gasteiger partial charge in [0.1, 0.15) is 5.75 Å². The van der Waals surface area contributed by atoms with E-state index in [4.69, 9.17) is 26.1 Å². The third-order valence-corrected chi connectivity index (χ3v) is 6.83. The number of thiazole rings is 1. The van der Waals surface area contributed by atoms with Gasteiger partial charge in [-0.3, -0.25) is 9.69 Å². The molecule has 3 heterocycles. The summed E-state index contributed by atoms with van der Waals surface area (Å²) in [6.07, 6.45) is 2.37. The van der Waals surface area contributed by atoms with Crippen LogP contribution in [0.25, 0.3) is 10.2 Å². The highest BCUT2D eigenvalue weighted by atomic mass is 35.5. The van der Waals surface area contributed by atoms with E-state index in [-0.39, 0.29) is 12.0 Å². The zero-order valence-corrected chi connectivity index (χ0v) is 17.9. The largest absolute Gasteiger partial charge is 0.494 e. The summed E-state index contributed by atoms with van der Waals surface area (Å²) in [5, 5.41) is 0.701. The minimum atomic E-state index is 0.0121. The molecule has 8 heteroatoms. The summed E-state index contributed by atoms with van der Waals surface area (Å²) in [6, 6.07) is 9.56. The highest BCUT2D eigenvalue weighted by Crippen LogP contribution is 2.33. The minimum absolute atomic E-state index is 0.0121. The number of carbonyl (C=O) groups excluding carboxylic acids is 1. The monoisotopic (exact) mass is 436 g/mol. The molecule has 0 spiro atoms. The Morgan fingerprint density at radius 1 is 1.36 bits per heavy atom. The van der Waals surface area contributed by atoms with Crippen molar-refractivity contribution in [3.8, 4) is 5.75 Å². The van der Waals surface area contributed by atoms with E-state index >= 15 is 0 Å². The number of hydrogen-bond acceptors (Lipinski definition) is 6. The lowest BCUT2D eigenvalue weighted by molar-refractivity contribution is -0.118. The smallest absolute Gasteiger partial charge is 0.234 e. The van der Waals surface area contributed by atoms with Crippen LogP contribution in [0.15, 0.2) is 30.3 Å². The first-order valence-corrected chi connectivity index (χ1v) is 11.3. The van der Waals surface area contributed by atoms with Gasteiger partial charge in [0, 0.05) is 11.5 Å². The van der Waals surface area contributed by atoms with Crippen LogP contribution in [0.3, 0.4) is 0 Å². The molecule has 0 saturated carbocycles. The normalized spacial score (nSPS) is 16.6. The zero-order chi connectivity index (χ0) is 19.5. The van der Waals surface area contributed by atoms with Crippen LogP contribution in [0.4, 0.5) is 5.13 Å². The molecule has 1 fully saturated rings. The van der Waals surface area contributed by atoms with Crippen molar-refractivity contribution in [3.05, 3.63) is 39.5 Å². The molecule has 0 radical (unpaired) electrons. The summed E-state index contributed by atoms with van der Waals surface area (Å²) in [4.78, 5) is 20.6. The predicted octanol–water partition coefficient (Wildman–Crippen LogP) is 5.16. The van der Waals surface area contributed by atoms with Gasteiger partial charge in [0.05, 0.1) is 40.2 Å². The summed E-state index contributed by atoms with van der Waals surface area (Å²) in [7, 11) is 0. The molecule has 1 unspecified atom stereocenters. The SMILES string of the molecule is CCOc1ccc2nc(N(CC3CCCO3)C(=O)Cc3ccc(Cl)s3)sc2c1. The average Bonchev–Trinajstić information content (AvgIpc) is 3.40. The molecule has 0 N–H and O–H groups in total. The van der Waals surface area contributed by atoms with Crippen molar-refractivity contribution in [2.45, 2.75) is 32.3 Å². The first-order valence-electron chi connectivity index (χ1n) is 9.32. The van der Waals surface area contributed by atoms with Gasteiger partial charge < -0.3 is 9.47 Å². The molecule has 1 aliphatic heterocycles. The van der Waals surface area contributed by atoms with Crippen molar-refractivity contribution in [1.29, 1.82) is 0 Å². The fraction of sp³-hybridized carbons (Fsp3) is 0.400. The molecular formula is C20H21ClN2O3S2. The number of aromatic nitrogens is 1. The molecular weight excluding hydrogens is 416 g/mol. The molecule has 1 amide bonds. The van der Waals surface area contributed by atoms with Gasteiger partial charge in [-0.05, 0) is 50.1 Å². The van der Waals surface area contributed by atoms with Crippen molar-refractivity contribution in [3.63, 3.8) is 0 Å². The number of ether oxygens (including phenoxy) is 2. The van der Waals surface area contributed by atoms with Crippen LogP contribution in [-0.2, 0) is 16.0 Å². The van der Waals surface area contributed by atoms with Crippen molar-refractivity contribution >= 4 is 55.5 Å². The number of thiophene rings is 1. The summed E-state index contributed by atoms with van der Waals surface area (Å²) < 4.78 is 13.1. The number of amides is 1. The Kier molecular flexibility index (Phi) is 6.16. The second-order valence-corrected chi connectivity index (χ2v) is 9.39. The van der Waals surface area contributed by atoms with Gasteiger partial charge in [0.2, 0.25) is 5.91 Å². The standard InChI is InChI=1S/C20H21ClN2O3S2/c1-2-25-13-5-7-16-17(10-13)28-20(22-16)23(12-14-4-3-9-26-14)19(24)11-15-6-8-18(21)27-15/h5-8,10,14H,2-4,9,11-12H2,1H3. The average molecular weight is 437 g/mol. The van der Waals surface area contributed by atoms with E-state index in [1.165, 1.54) is 22.7 Å². The molecule has 5 nitrogen and oxygen atoms in total. The van der Waals surface area contributed by atoms with Gasteiger partial charge in [-0.25, -0.2) is 4.98 Å². The Labute approximate surface area is 176 Å². The van der Waals surface area contributed by atoms with E-state index < -0.39 is 0 Å². The van der Waals surface area contributed by atoms with Crippen LogP contribution in [0.1, 0.15) is 24.6 Å². The maximum atomic E-state index is 13.1. The quantitative estimate of drug-likeness (QED) is 0.513. The van der Waals surface area contributed by atoms with E-state index in [1.54, 1.807) is 4.90 Å². The number of hydrogen-bond donors (Lipinski definition) is 0. The Bertz CT molecular complexity index is 965. The van der Waals surface area contributed by atoms with Crippen LogP contribution in [0, 0.1) is 0 Å². The van der Waals surface area contributed by atoms with Crippen molar-refractivity contribution in [2.24, 2.45) is 0 Å². The topological polar surface area (TPSA) is 51.7 Å². The zero-order valence-electron chi connectivity index (χ0n) is 15.5. The van der Waals surface area contributed by atoms with E-state index in [9.17, 15) is 4.79 Å². The van der Waals surface area contributed by atoms with Gasteiger partial charge in [-0.1, -0.05) is 22.9 Å². The lowest BCUT2D eigenvalue weighted by atomic mass is 10.2. The molecule has 4 rings (SSSR count). The summed E-state index contributed by atoms with van der Waals surface area (Å²) >= 11 is 8.97. The predicted molar refractivity (Wildman–Crippen MR) is 115 cm³/mol. The van der Waals surface area contributed by atoms with Crippen molar-refractivity contribution < 1.29 is 14.3 Å². The molecule has 148 valence electrons. The lowest BCUT2D eigenvalue weighted by Gasteiger charge is -2.22. The van der Waals surface area contributed by atoms with Gasteiger partial charge >= 0.3 is 0 Å². The van der Waals surface area contributed by atoms with Gasteiger partial charge in [-0.15, -0.1) is 11.3 Å². The van der Waals surface area contributed by atoms with E-state index in [0.717, 1.165) is 40.3 Å². The molecule has 2 aromatic heterocycles. The fourth-order valence-electron chi connectivity index (χ4n) is 3.23. The van der Waals surface area contributed by atoms with Crippen LogP contribution in [0.5, 0.6) is 5.75 Å². The van der Waals surface area contributed by atoms with E-state index in [2.05, 4.69) is 0 Å². The number of halogens is 1. The molecule has 1 saturated heterocycles. The van der Waals surface area contributed by atoms with Gasteiger partial charge in [-0.2, -0.15) is 0 Å². The second kappa shape index (κ2) is 8.78. The maximum absolute atomic E-state index is 13.1. The number of carbonyl (C=O) groups is 1. The number of nitrogens with zero attached hydrogens (tertiary/aromatic N) is 2. The number of rotatable bonds is 7. The van der Waals surface area contributed by atoms with Crippen molar-refractivity contribution in [1.82, 2.24) is 4.98 Å². The molecule has 1 aliphatic rings. The minimum Gasteiger partial charge on any atom is -0.494 e. The van der Waals surface area contributed by atoms with E-state index in [1.807, 2.05) is 37.3 Å². The highest BCUT2D eigenvalue weighted by molar-refractivity contribution is 7.22. The summed E-state index contributed by atoms with van der Waals surface area (Å²) in [5.41, 5.74) is 0.868. The van der Waals surface area contributed by atoms with Crippen LogP contribution in [-0.4, -0.2) is 36.8 Å². The summed E-state index contributed by atoms with van der Waals surface area (Å²) in [6.45, 7) is 3.85. The molecule has 3 aromatic rings. The molecule has 0 aliphatic carbocycles. The van der Waals surface area contributed by atoms with Crippen molar-refractivity contribution in [2.75, 3.05) is 24.7 Å². The lowest BCUT2D eigenvalue weighted by Crippen LogP contribution is -2.38. The fourth-order valence-corrected chi connectivity index (χ4v) is 5.33. The third kappa shape index (κ3) is 4.49. The molecule has 1 aromatic carbocycles. The number of anilines is 1. The molecule has 1 atom stereocenters. The molecule has 0 bridgehead atoms. The van der Waals surface area contributed by atoms with Crippen LogP contribution in [0.2, 0.25) is 4.34 Å². The third-order valence-electron chi connectivity index (χ3n) is 4.56. The second-order valence-electron chi connectivity index (χ2n) is 6.58. The first kappa shape index (κ1) is 19.6. The maximum Gasteiger partial charge on any atom is 0.234 e. The Balaban J connectivity index is 1.61. The Morgan fingerprint density at radius 3 is 2.96 bits per heavy atom. The van der Waals surface area contributed by atoms with Crippen LogP contribution >= 0.6 is 34.3 Å². The summed E-state index contributed by atoms with van der Waals surface area (Å²) in [5.74, 6) is 0.827. The first-order chi connectivity index (χ1) is 13.6. The van der Waals surface area contributed by atoms with E-state index in [0.29, 0.717) is 29.0 Å².